The molecule has 3 aromatic rings. The molecule has 0 aromatic heterocycles. The molecule has 0 radical (unpaired) electrons. The first-order valence-electron chi connectivity index (χ1n) is 13.6. The molecule has 2 N–H and O–H groups in total. The van der Waals surface area contributed by atoms with Crippen LogP contribution in [-0.2, 0) is 25.3 Å². The third-order valence-corrected chi connectivity index (χ3v) is 8.06. The second-order valence-electron chi connectivity index (χ2n) is 10.2. The van der Waals surface area contributed by atoms with Gasteiger partial charge in [-0.05, 0) is 68.0 Å². The number of esters is 1. The number of halogens is 1. The van der Waals surface area contributed by atoms with Crippen LogP contribution in [0, 0.1) is 0 Å². The number of hydrogen-bond donors (Lipinski definition) is 2. The highest BCUT2D eigenvalue weighted by atomic mass is 35.5. The molecule has 206 valence electrons. The van der Waals surface area contributed by atoms with Crippen LogP contribution >= 0.6 is 11.6 Å². The molecule has 1 amide bonds. The molecule has 0 bridgehead atoms. The van der Waals surface area contributed by atoms with Crippen molar-refractivity contribution in [2.45, 2.75) is 43.6 Å². The van der Waals surface area contributed by atoms with Gasteiger partial charge in [-0.1, -0.05) is 84.4 Å². The maximum Gasteiger partial charge on any atom is 0.396 e. The number of amides is 1. The van der Waals surface area contributed by atoms with Crippen LogP contribution in [0.2, 0.25) is 5.02 Å². The van der Waals surface area contributed by atoms with Crippen molar-refractivity contribution in [1.82, 2.24) is 10.2 Å². The van der Waals surface area contributed by atoms with Gasteiger partial charge in [0.2, 0.25) is 0 Å². The average Bonchev–Trinajstić information content (AvgIpc) is 2.97. The average molecular weight is 549 g/mol. The van der Waals surface area contributed by atoms with Gasteiger partial charge < -0.3 is 20.1 Å². The summed E-state index contributed by atoms with van der Waals surface area (Å²) in [6.07, 6.45) is 2.96. The van der Waals surface area contributed by atoms with Crippen LogP contribution in [-0.4, -0.2) is 54.7 Å². The van der Waals surface area contributed by atoms with Gasteiger partial charge in [0.1, 0.15) is 0 Å². The molecule has 1 aliphatic rings. The Kier molecular flexibility index (Phi) is 9.78. The summed E-state index contributed by atoms with van der Waals surface area (Å²) in [5.74, 6) is -1.60. The van der Waals surface area contributed by atoms with Crippen molar-refractivity contribution in [3.63, 3.8) is 0 Å². The summed E-state index contributed by atoms with van der Waals surface area (Å²) in [5, 5.41) is 14.8. The van der Waals surface area contributed by atoms with Crippen molar-refractivity contribution in [3.05, 3.63) is 107 Å². The lowest BCUT2D eigenvalue weighted by molar-refractivity contribution is -0.154. The summed E-state index contributed by atoms with van der Waals surface area (Å²) in [7, 11) is 0. The number of carbonyl (C=O) groups is 2. The fourth-order valence-electron chi connectivity index (χ4n) is 5.56. The molecule has 6 nitrogen and oxygen atoms in total. The monoisotopic (exact) mass is 548 g/mol. The SMILES string of the molecule is CCOC(=O)C(=O)NCC(CCCN1CCC(O)(c2ccc(Cl)cc2)CC1)(c1ccccc1)c1ccccc1. The fraction of sp³-hybridized carbons (Fsp3) is 0.375. The molecule has 0 aliphatic carbocycles. The number of carbonyl (C=O) groups excluding carboxylic acids is 2. The minimum Gasteiger partial charge on any atom is -0.459 e. The molecular formula is C32H37ClN2O4. The maximum atomic E-state index is 12.5. The molecule has 1 heterocycles. The van der Waals surface area contributed by atoms with E-state index in [1.165, 1.54) is 0 Å². The highest BCUT2D eigenvalue weighted by Gasteiger charge is 2.37. The van der Waals surface area contributed by atoms with Gasteiger partial charge in [-0.25, -0.2) is 4.79 Å². The molecular weight excluding hydrogens is 512 g/mol. The van der Waals surface area contributed by atoms with Crippen molar-refractivity contribution in [2.75, 3.05) is 32.8 Å². The molecule has 1 saturated heterocycles. The quantitative estimate of drug-likeness (QED) is 0.273. The molecule has 1 fully saturated rings. The minimum atomic E-state index is -0.867. The van der Waals surface area contributed by atoms with Crippen molar-refractivity contribution in [2.24, 2.45) is 0 Å². The molecule has 7 heteroatoms. The zero-order valence-electron chi connectivity index (χ0n) is 22.4. The summed E-state index contributed by atoms with van der Waals surface area (Å²) in [5.41, 5.74) is 1.71. The van der Waals surface area contributed by atoms with Crippen LogP contribution in [0.4, 0.5) is 0 Å². The number of benzene rings is 3. The number of aliphatic hydroxyl groups is 1. The van der Waals surface area contributed by atoms with Gasteiger partial charge in [0.25, 0.3) is 0 Å². The van der Waals surface area contributed by atoms with Crippen LogP contribution in [0.25, 0.3) is 0 Å². The first-order chi connectivity index (χ1) is 18.9. The van der Waals surface area contributed by atoms with Crippen molar-refractivity contribution >= 4 is 23.5 Å². The first-order valence-corrected chi connectivity index (χ1v) is 14.0. The van der Waals surface area contributed by atoms with E-state index in [9.17, 15) is 14.7 Å². The summed E-state index contributed by atoms with van der Waals surface area (Å²) < 4.78 is 4.91. The van der Waals surface area contributed by atoms with Gasteiger partial charge in [0, 0.05) is 30.1 Å². The number of nitrogens with zero attached hydrogens (tertiary/aromatic N) is 1. The van der Waals surface area contributed by atoms with Gasteiger partial charge in [0.15, 0.2) is 0 Å². The van der Waals surface area contributed by atoms with Gasteiger partial charge in [0.05, 0.1) is 12.2 Å². The topological polar surface area (TPSA) is 78.9 Å². The second kappa shape index (κ2) is 13.2. The lowest BCUT2D eigenvalue weighted by atomic mass is 9.71. The highest BCUT2D eigenvalue weighted by Crippen LogP contribution is 2.38. The predicted octanol–water partition coefficient (Wildman–Crippen LogP) is 5.07. The zero-order chi connectivity index (χ0) is 27.7. The highest BCUT2D eigenvalue weighted by molar-refractivity contribution is 6.32. The van der Waals surface area contributed by atoms with Crippen LogP contribution in [0.3, 0.4) is 0 Å². The number of likely N-dealkylation sites (tertiary alicyclic amines) is 1. The Labute approximate surface area is 235 Å². The first kappa shape index (κ1) is 28.8. The van der Waals surface area contributed by atoms with Gasteiger partial charge >= 0.3 is 11.9 Å². The molecule has 0 atom stereocenters. The Morgan fingerprint density at radius 3 is 2.05 bits per heavy atom. The summed E-state index contributed by atoms with van der Waals surface area (Å²) in [6, 6.07) is 27.8. The van der Waals surface area contributed by atoms with E-state index < -0.39 is 22.9 Å². The van der Waals surface area contributed by atoms with Crippen LogP contribution < -0.4 is 5.32 Å². The number of hydrogen-bond acceptors (Lipinski definition) is 5. The molecule has 0 spiro atoms. The Bertz CT molecular complexity index is 1170. The van der Waals surface area contributed by atoms with Crippen molar-refractivity contribution in [3.8, 4) is 0 Å². The number of piperidine rings is 1. The third-order valence-electron chi connectivity index (χ3n) is 7.81. The summed E-state index contributed by atoms with van der Waals surface area (Å²) in [6.45, 7) is 4.56. The van der Waals surface area contributed by atoms with Crippen molar-refractivity contribution in [1.29, 1.82) is 0 Å². The van der Waals surface area contributed by atoms with E-state index in [-0.39, 0.29) is 13.2 Å². The van der Waals surface area contributed by atoms with E-state index >= 15 is 0 Å². The predicted molar refractivity (Wildman–Crippen MR) is 154 cm³/mol. The molecule has 4 rings (SSSR count). The second-order valence-corrected chi connectivity index (χ2v) is 10.6. The lowest BCUT2D eigenvalue weighted by Crippen LogP contribution is -2.45. The minimum absolute atomic E-state index is 0.151. The maximum absolute atomic E-state index is 12.5. The van der Waals surface area contributed by atoms with Crippen molar-refractivity contribution < 1.29 is 19.4 Å². The molecule has 0 saturated carbocycles. The Morgan fingerprint density at radius 2 is 1.51 bits per heavy atom. The Morgan fingerprint density at radius 1 is 0.949 bits per heavy atom. The lowest BCUT2D eigenvalue weighted by Gasteiger charge is -2.40. The normalized spacial score (nSPS) is 15.5. The van der Waals surface area contributed by atoms with Gasteiger partial charge in [-0.15, -0.1) is 0 Å². The van der Waals surface area contributed by atoms with E-state index in [0.29, 0.717) is 17.9 Å². The smallest absolute Gasteiger partial charge is 0.396 e. The summed E-state index contributed by atoms with van der Waals surface area (Å²) >= 11 is 6.03. The zero-order valence-corrected chi connectivity index (χ0v) is 23.2. The number of nitrogens with one attached hydrogen (secondary N) is 1. The van der Waals surface area contributed by atoms with Gasteiger partial charge in [-0.2, -0.15) is 0 Å². The standard InChI is InChI=1S/C32H37ClN2O4/c1-2-39-30(37)29(36)34-24-31(25-10-5-3-6-11-25,26-12-7-4-8-13-26)18-9-21-35-22-19-32(38,20-23-35)27-14-16-28(33)17-15-27/h3-8,10-17,38H,2,9,18-24H2,1H3,(H,34,36). The van der Waals surface area contributed by atoms with E-state index in [2.05, 4.69) is 34.5 Å². The van der Waals surface area contributed by atoms with E-state index in [1.54, 1.807) is 6.92 Å². The van der Waals surface area contributed by atoms with E-state index in [1.807, 2.05) is 60.7 Å². The number of rotatable bonds is 10. The third kappa shape index (κ3) is 7.07. The Hall–Kier alpha value is -3.19. The van der Waals surface area contributed by atoms with E-state index in [0.717, 1.165) is 49.2 Å². The van der Waals surface area contributed by atoms with Crippen LogP contribution in [0.5, 0.6) is 0 Å². The van der Waals surface area contributed by atoms with Gasteiger partial charge in [-0.3, -0.25) is 4.79 Å². The molecule has 1 aliphatic heterocycles. The van der Waals surface area contributed by atoms with Crippen LogP contribution in [0.15, 0.2) is 84.9 Å². The Balaban J connectivity index is 1.48. The largest absolute Gasteiger partial charge is 0.459 e. The summed E-state index contributed by atoms with van der Waals surface area (Å²) in [4.78, 5) is 27.0. The molecule has 0 unspecified atom stereocenters. The van der Waals surface area contributed by atoms with E-state index in [4.69, 9.17) is 16.3 Å². The van der Waals surface area contributed by atoms with Crippen LogP contribution in [0.1, 0.15) is 49.3 Å². The molecule has 39 heavy (non-hydrogen) atoms. The fourth-order valence-corrected chi connectivity index (χ4v) is 5.69. The molecule has 3 aromatic carbocycles. The number of ether oxygens (including phenoxy) is 1.